The maximum absolute atomic E-state index is 13.2. The average Bonchev–Trinajstić information content (AvgIpc) is 3.14. The van der Waals surface area contributed by atoms with Gasteiger partial charge in [0.25, 0.3) is 5.56 Å². The highest BCUT2D eigenvalue weighted by molar-refractivity contribution is 6.03. The van der Waals surface area contributed by atoms with E-state index < -0.39 is 35.7 Å². The number of dihydropyridines is 1. The summed E-state index contributed by atoms with van der Waals surface area (Å²) in [6, 6.07) is 3.47. The monoisotopic (exact) mass is 404 g/mol. The molecule has 0 saturated heterocycles. The Morgan fingerprint density at radius 3 is 2.79 bits per heavy atom. The number of benzene rings is 1. The number of H-pyrrole nitrogens is 1. The van der Waals surface area contributed by atoms with Gasteiger partial charge in [-0.25, -0.2) is 4.79 Å². The van der Waals surface area contributed by atoms with E-state index in [1.54, 1.807) is 31.2 Å². The lowest BCUT2D eigenvalue weighted by atomic mass is 9.74. The Morgan fingerprint density at radius 1 is 1.34 bits per heavy atom. The zero-order chi connectivity index (χ0) is 21.0. The molecule has 2 N–H and O–H groups in total. The molecule has 10 heteroatoms. The number of rotatable bonds is 3. The topological polar surface area (TPSA) is 100 Å². The highest BCUT2D eigenvalue weighted by atomic mass is 19.4. The Kier molecular flexibility index (Phi) is 4.10. The number of aliphatic carboxylic acids is 1. The number of alkyl halides is 3. The van der Waals surface area contributed by atoms with Gasteiger partial charge in [0.2, 0.25) is 0 Å². The third-order valence-corrected chi connectivity index (χ3v) is 5.20. The van der Waals surface area contributed by atoms with Crippen LogP contribution >= 0.6 is 0 Å². The summed E-state index contributed by atoms with van der Waals surface area (Å²) in [5.74, 6) is -1.16. The van der Waals surface area contributed by atoms with E-state index in [1.165, 1.54) is 18.5 Å². The molecule has 0 amide bonds. The van der Waals surface area contributed by atoms with Gasteiger partial charge in [0.1, 0.15) is 6.54 Å². The number of pyridine rings is 1. The lowest BCUT2D eigenvalue weighted by molar-refractivity contribution is -0.140. The number of carbonyl (C=O) groups is 1. The number of carboxylic acids is 1. The van der Waals surface area contributed by atoms with E-state index in [4.69, 9.17) is 0 Å². The molecule has 0 aliphatic carbocycles. The zero-order valence-electron chi connectivity index (χ0n) is 15.1. The number of carboxylic acid groups (broad SMARTS) is 1. The quantitative estimate of drug-likeness (QED) is 0.701. The predicted molar refractivity (Wildman–Crippen MR) is 100 cm³/mol. The third-order valence-electron chi connectivity index (χ3n) is 5.20. The first-order valence-electron chi connectivity index (χ1n) is 8.62. The molecule has 29 heavy (non-hydrogen) atoms. The molecule has 1 aromatic carbocycles. The van der Waals surface area contributed by atoms with E-state index in [1.807, 2.05) is 0 Å². The molecule has 0 spiro atoms. The fourth-order valence-corrected chi connectivity index (χ4v) is 3.75. The molecule has 3 aromatic rings. The van der Waals surface area contributed by atoms with Gasteiger partial charge in [-0.1, -0.05) is 18.2 Å². The number of halogens is 3. The average molecular weight is 404 g/mol. The minimum absolute atomic E-state index is 0.0369. The van der Waals surface area contributed by atoms with Crippen molar-refractivity contribution in [2.24, 2.45) is 4.99 Å². The Morgan fingerprint density at radius 2 is 2.10 bits per heavy atom. The van der Waals surface area contributed by atoms with Gasteiger partial charge in [-0.2, -0.15) is 18.3 Å². The number of aliphatic imine (C=N–C) groups is 1. The van der Waals surface area contributed by atoms with Crippen molar-refractivity contribution in [3.05, 3.63) is 52.5 Å². The fraction of sp³-hybridized carbons (Fsp3) is 0.263. The van der Waals surface area contributed by atoms with Crippen LogP contribution in [0.3, 0.4) is 0 Å². The van der Waals surface area contributed by atoms with Crippen LogP contribution in [-0.4, -0.2) is 44.3 Å². The number of fused-ring (bicyclic) bond motifs is 3. The van der Waals surface area contributed by atoms with E-state index >= 15 is 0 Å². The van der Waals surface area contributed by atoms with Gasteiger partial charge in [0.15, 0.2) is 6.04 Å². The molecule has 0 radical (unpaired) electrons. The highest BCUT2D eigenvalue weighted by Gasteiger charge is 2.40. The summed E-state index contributed by atoms with van der Waals surface area (Å²) in [6.45, 7) is 0.168. The van der Waals surface area contributed by atoms with Crippen LogP contribution in [0.25, 0.3) is 21.8 Å². The van der Waals surface area contributed by atoms with Crippen LogP contribution < -0.4 is 5.56 Å². The first-order chi connectivity index (χ1) is 13.6. The third kappa shape index (κ3) is 3.00. The van der Waals surface area contributed by atoms with Crippen LogP contribution in [0.4, 0.5) is 13.2 Å². The van der Waals surface area contributed by atoms with E-state index in [0.29, 0.717) is 21.0 Å². The van der Waals surface area contributed by atoms with Gasteiger partial charge in [-0.3, -0.25) is 19.5 Å². The first-order valence-corrected chi connectivity index (χ1v) is 8.62. The van der Waals surface area contributed by atoms with Crippen LogP contribution in [0.1, 0.15) is 12.5 Å². The lowest BCUT2D eigenvalue weighted by Gasteiger charge is -2.32. The highest BCUT2D eigenvalue weighted by Crippen LogP contribution is 2.36. The molecule has 1 aliphatic heterocycles. The second kappa shape index (κ2) is 6.29. The zero-order valence-corrected chi connectivity index (χ0v) is 15.1. The van der Waals surface area contributed by atoms with Crippen molar-refractivity contribution in [1.82, 2.24) is 14.8 Å². The molecule has 3 heterocycles. The first kappa shape index (κ1) is 18.9. The second-order valence-electron chi connectivity index (χ2n) is 7.08. The molecule has 2 aromatic heterocycles. The van der Waals surface area contributed by atoms with Gasteiger partial charge in [0.05, 0.1) is 22.6 Å². The van der Waals surface area contributed by atoms with Crippen LogP contribution in [-0.2, 0) is 16.8 Å². The Hall–Kier alpha value is -3.43. The molecule has 0 bridgehead atoms. The van der Waals surface area contributed by atoms with Crippen molar-refractivity contribution in [3.8, 4) is 0 Å². The summed E-state index contributed by atoms with van der Waals surface area (Å²) >= 11 is 0. The van der Waals surface area contributed by atoms with E-state index in [2.05, 4.69) is 15.2 Å². The summed E-state index contributed by atoms with van der Waals surface area (Å²) in [7, 11) is 0. The van der Waals surface area contributed by atoms with E-state index in [-0.39, 0.29) is 10.9 Å². The predicted octanol–water partition coefficient (Wildman–Crippen LogP) is 2.79. The van der Waals surface area contributed by atoms with Gasteiger partial charge in [-0.05, 0) is 24.6 Å². The minimum atomic E-state index is -4.62. The van der Waals surface area contributed by atoms with Crippen molar-refractivity contribution >= 4 is 34.0 Å². The molecule has 0 fully saturated rings. The molecule has 1 aliphatic rings. The number of aromatic nitrogens is 3. The molecule has 4 rings (SSSR count). The number of allylic oxidation sites excluding steroid dienone is 1. The smallest absolute Gasteiger partial charge is 0.406 e. The van der Waals surface area contributed by atoms with Crippen molar-refractivity contribution in [2.75, 3.05) is 0 Å². The Bertz CT molecular complexity index is 1260. The van der Waals surface area contributed by atoms with E-state index in [0.717, 1.165) is 0 Å². The van der Waals surface area contributed by atoms with Crippen LogP contribution in [0.2, 0.25) is 0 Å². The number of nitrogens with zero attached hydrogens (tertiary/aromatic N) is 3. The number of aromatic amines is 1. The lowest BCUT2D eigenvalue weighted by Crippen LogP contribution is -2.41. The molecule has 0 saturated carbocycles. The molecule has 150 valence electrons. The SMILES string of the molecule is CC1(c2ccc3c4[nH]ncc4c(=O)n(CC(F)(F)F)c3c2)C=CC=NC1C(=O)O. The summed E-state index contributed by atoms with van der Waals surface area (Å²) in [4.78, 5) is 28.4. The Balaban J connectivity index is 2.03. The van der Waals surface area contributed by atoms with Gasteiger partial charge in [-0.15, -0.1) is 0 Å². The summed E-state index contributed by atoms with van der Waals surface area (Å²) < 4.78 is 40.2. The normalized spacial score (nSPS) is 21.9. The molecular weight excluding hydrogens is 389 g/mol. The van der Waals surface area contributed by atoms with Crippen LogP contribution in [0.5, 0.6) is 0 Å². The van der Waals surface area contributed by atoms with Crippen molar-refractivity contribution < 1.29 is 23.1 Å². The molecule has 2 atom stereocenters. The van der Waals surface area contributed by atoms with Crippen LogP contribution in [0, 0.1) is 0 Å². The van der Waals surface area contributed by atoms with Gasteiger partial charge in [0, 0.05) is 17.0 Å². The number of hydrogen-bond donors (Lipinski definition) is 2. The van der Waals surface area contributed by atoms with Crippen molar-refractivity contribution in [1.29, 1.82) is 0 Å². The van der Waals surface area contributed by atoms with E-state index in [9.17, 15) is 27.9 Å². The maximum atomic E-state index is 13.2. The standard InChI is InChI=1S/C19H15F3N4O3/c1-18(5-2-6-23-15(18)17(28)29)10-3-4-11-13(7-10)26(9-19(20,21)22)16(27)12-8-24-25-14(11)12/h2-8,15H,9H2,1H3,(H,24,25)(H,28,29). The van der Waals surface area contributed by atoms with Gasteiger partial charge >= 0.3 is 12.1 Å². The fourth-order valence-electron chi connectivity index (χ4n) is 3.75. The summed E-state index contributed by atoms with van der Waals surface area (Å²) in [6.07, 6.45) is 1.17. The van der Waals surface area contributed by atoms with Crippen molar-refractivity contribution in [3.63, 3.8) is 0 Å². The summed E-state index contributed by atoms with van der Waals surface area (Å²) in [5.41, 5.74) is -1.13. The molecular formula is C19H15F3N4O3. The number of nitrogens with one attached hydrogen (secondary N) is 1. The Labute approximate surface area is 161 Å². The minimum Gasteiger partial charge on any atom is -0.480 e. The molecule has 7 nitrogen and oxygen atoms in total. The maximum Gasteiger partial charge on any atom is 0.406 e. The summed E-state index contributed by atoms with van der Waals surface area (Å²) in [5, 5.41) is 16.4. The van der Waals surface area contributed by atoms with Crippen molar-refractivity contribution in [2.45, 2.75) is 31.1 Å². The van der Waals surface area contributed by atoms with Crippen LogP contribution in [0.15, 0.2) is 46.3 Å². The largest absolute Gasteiger partial charge is 0.480 e. The number of hydrogen-bond acceptors (Lipinski definition) is 4. The molecule has 2 unspecified atom stereocenters. The van der Waals surface area contributed by atoms with Gasteiger partial charge < -0.3 is 5.11 Å². The second-order valence-corrected chi connectivity index (χ2v) is 7.08.